The summed E-state index contributed by atoms with van der Waals surface area (Å²) in [5, 5.41) is 2.17. The molecule has 57 heavy (non-hydrogen) atoms. The van der Waals surface area contributed by atoms with Crippen molar-refractivity contribution in [1.82, 2.24) is 0 Å². The van der Waals surface area contributed by atoms with Gasteiger partial charge in [-0.1, -0.05) is 152 Å². The Hall–Kier alpha value is -7.62. The molecule has 0 N–H and O–H groups in total. The molecule has 0 unspecified atom stereocenters. The summed E-state index contributed by atoms with van der Waals surface area (Å²) in [7, 11) is 0. The van der Waals surface area contributed by atoms with Gasteiger partial charge in [0.05, 0.1) is 0 Å². The van der Waals surface area contributed by atoms with E-state index in [1.54, 1.807) is 0 Å². The number of furan rings is 1. The van der Waals surface area contributed by atoms with Gasteiger partial charge >= 0.3 is 0 Å². The molecule has 3 nitrogen and oxygen atoms in total. The van der Waals surface area contributed by atoms with E-state index in [0.29, 0.717) is 0 Å². The normalized spacial score (nSPS) is 11.2. The highest BCUT2D eigenvalue weighted by Crippen LogP contribution is 2.44. The molecule has 0 radical (unpaired) electrons. The van der Waals surface area contributed by atoms with Crippen molar-refractivity contribution in [3.63, 3.8) is 0 Å². The molecule has 0 atom stereocenters. The molecule has 3 heteroatoms. The van der Waals surface area contributed by atoms with Crippen molar-refractivity contribution >= 4 is 39.0 Å². The summed E-state index contributed by atoms with van der Waals surface area (Å²) in [4.78, 5) is 2.28. The molecule has 10 aromatic rings. The van der Waals surface area contributed by atoms with Crippen LogP contribution in [0.25, 0.3) is 66.4 Å². The molecule has 0 saturated heterocycles. The molecule has 0 aliphatic rings. The first kappa shape index (κ1) is 33.9. The summed E-state index contributed by atoms with van der Waals surface area (Å²) in [6.07, 6.45) is 0. The lowest BCUT2D eigenvalue weighted by atomic mass is 10.0. The number of ether oxygens (including phenoxy) is 1. The van der Waals surface area contributed by atoms with Crippen LogP contribution < -0.4 is 9.64 Å². The van der Waals surface area contributed by atoms with Crippen molar-refractivity contribution in [3.05, 3.63) is 224 Å². The van der Waals surface area contributed by atoms with Crippen LogP contribution in [-0.4, -0.2) is 0 Å². The standard InChI is InChI=1S/C54H37NO2/c1-5-14-38(15-6-1)41-24-27-45(28-25-41)55(47-30-33-51-50-31-26-44(40-18-9-3-10-19-40)35-52(50)57-54(51)37-47)46-29-32-49(42-20-11-4-12-21-42)53(36-46)56-48-23-13-22-43(34-48)39-16-7-2-8-17-39/h1-37H. The van der Waals surface area contributed by atoms with Gasteiger partial charge in [-0.25, -0.2) is 0 Å². The van der Waals surface area contributed by atoms with Gasteiger partial charge in [0.25, 0.3) is 0 Å². The van der Waals surface area contributed by atoms with Crippen LogP contribution in [0.5, 0.6) is 11.5 Å². The summed E-state index contributed by atoms with van der Waals surface area (Å²) < 4.78 is 13.5. The van der Waals surface area contributed by atoms with Gasteiger partial charge in [0.15, 0.2) is 0 Å². The number of fused-ring (bicyclic) bond motifs is 3. The maximum absolute atomic E-state index is 6.88. The average Bonchev–Trinajstić information content (AvgIpc) is 3.65. The lowest BCUT2D eigenvalue weighted by Crippen LogP contribution is -2.10. The van der Waals surface area contributed by atoms with E-state index in [0.717, 1.165) is 89.4 Å². The molecular weight excluding hydrogens is 695 g/mol. The van der Waals surface area contributed by atoms with Crippen molar-refractivity contribution in [1.29, 1.82) is 0 Å². The maximum Gasteiger partial charge on any atom is 0.137 e. The molecule has 270 valence electrons. The van der Waals surface area contributed by atoms with Crippen LogP contribution in [0.15, 0.2) is 229 Å². The zero-order valence-electron chi connectivity index (χ0n) is 31.1. The molecule has 0 amide bonds. The summed E-state index contributed by atoms with van der Waals surface area (Å²) in [6, 6.07) is 78.3. The molecule has 1 heterocycles. The molecule has 10 rings (SSSR count). The predicted molar refractivity (Wildman–Crippen MR) is 237 cm³/mol. The quantitative estimate of drug-likeness (QED) is 0.148. The summed E-state index contributed by atoms with van der Waals surface area (Å²) in [5.74, 6) is 1.52. The van der Waals surface area contributed by atoms with E-state index in [4.69, 9.17) is 9.15 Å². The summed E-state index contributed by atoms with van der Waals surface area (Å²) in [6.45, 7) is 0. The van der Waals surface area contributed by atoms with Crippen molar-refractivity contribution in [2.45, 2.75) is 0 Å². The van der Waals surface area contributed by atoms with Gasteiger partial charge in [-0.3, -0.25) is 0 Å². The molecule has 0 aliphatic heterocycles. The van der Waals surface area contributed by atoms with Crippen LogP contribution in [-0.2, 0) is 0 Å². The van der Waals surface area contributed by atoms with Gasteiger partial charge < -0.3 is 14.1 Å². The molecule has 0 saturated carbocycles. The lowest BCUT2D eigenvalue weighted by molar-refractivity contribution is 0.485. The number of rotatable bonds is 9. The monoisotopic (exact) mass is 731 g/mol. The molecule has 0 fully saturated rings. The van der Waals surface area contributed by atoms with Crippen LogP contribution in [0.1, 0.15) is 0 Å². The Morgan fingerprint density at radius 1 is 0.316 bits per heavy atom. The van der Waals surface area contributed by atoms with E-state index >= 15 is 0 Å². The van der Waals surface area contributed by atoms with E-state index in [-0.39, 0.29) is 0 Å². The summed E-state index contributed by atoms with van der Waals surface area (Å²) in [5.41, 5.74) is 13.6. The van der Waals surface area contributed by atoms with Crippen LogP contribution in [0.2, 0.25) is 0 Å². The maximum atomic E-state index is 6.88. The SMILES string of the molecule is c1ccc(-c2ccc(N(c3ccc(-c4ccccc4)c(Oc4cccc(-c5ccccc5)c4)c3)c3ccc4c(c3)oc3cc(-c5ccccc5)ccc34)cc2)cc1. The molecule has 9 aromatic carbocycles. The Balaban J connectivity index is 1.11. The third-order valence-corrected chi connectivity index (χ3v) is 10.5. The Kier molecular flexibility index (Phi) is 8.86. The third kappa shape index (κ3) is 6.84. The van der Waals surface area contributed by atoms with E-state index < -0.39 is 0 Å². The zero-order chi connectivity index (χ0) is 38.0. The number of hydrogen-bond acceptors (Lipinski definition) is 3. The van der Waals surface area contributed by atoms with Crippen molar-refractivity contribution in [2.24, 2.45) is 0 Å². The van der Waals surface area contributed by atoms with Crippen LogP contribution in [0, 0.1) is 0 Å². The molecule has 0 spiro atoms. The first-order chi connectivity index (χ1) is 28.2. The first-order valence-electron chi connectivity index (χ1n) is 19.2. The van der Waals surface area contributed by atoms with Gasteiger partial charge in [0, 0.05) is 45.5 Å². The van der Waals surface area contributed by atoms with Gasteiger partial charge in [-0.15, -0.1) is 0 Å². The smallest absolute Gasteiger partial charge is 0.137 e. The minimum atomic E-state index is 0.757. The fourth-order valence-electron chi connectivity index (χ4n) is 7.68. The predicted octanol–water partition coefficient (Wildman–Crippen LogP) is 15.5. The minimum absolute atomic E-state index is 0.757. The van der Waals surface area contributed by atoms with Crippen molar-refractivity contribution in [2.75, 3.05) is 4.90 Å². The Labute approximate surface area is 332 Å². The second-order valence-corrected chi connectivity index (χ2v) is 14.2. The van der Waals surface area contributed by atoms with Gasteiger partial charge in [0.1, 0.15) is 22.7 Å². The van der Waals surface area contributed by atoms with E-state index in [1.165, 1.54) is 5.56 Å². The average molecular weight is 732 g/mol. The molecular formula is C54H37NO2. The Morgan fingerprint density at radius 2 is 0.772 bits per heavy atom. The van der Waals surface area contributed by atoms with Crippen LogP contribution >= 0.6 is 0 Å². The first-order valence-corrected chi connectivity index (χ1v) is 19.2. The highest BCUT2D eigenvalue weighted by Gasteiger charge is 2.19. The zero-order valence-corrected chi connectivity index (χ0v) is 31.1. The van der Waals surface area contributed by atoms with E-state index in [2.05, 4.69) is 199 Å². The highest BCUT2D eigenvalue weighted by atomic mass is 16.5. The van der Waals surface area contributed by atoms with E-state index in [9.17, 15) is 0 Å². The number of anilines is 3. The van der Waals surface area contributed by atoms with Gasteiger partial charge in [-0.2, -0.15) is 0 Å². The number of nitrogens with zero attached hydrogens (tertiary/aromatic N) is 1. The minimum Gasteiger partial charge on any atom is -0.457 e. The fourth-order valence-corrected chi connectivity index (χ4v) is 7.68. The number of benzene rings is 9. The Morgan fingerprint density at radius 3 is 1.42 bits per heavy atom. The van der Waals surface area contributed by atoms with Gasteiger partial charge in [-0.05, 0) is 99.6 Å². The van der Waals surface area contributed by atoms with Crippen molar-refractivity contribution in [3.8, 4) is 56.0 Å². The lowest BCUT2D eigenvalue weighted by Gasteiger charge is -2.27. The molecule has 1 aromatic heterocycles. The van der Waals surface area contributed by atoms with Gasteiger partial charge in [0.2, 0.25) is 0 Å². The number of hydrogen-bond donors (Lipinski definition) is 0. The van der Waals surface area contributed by atoms with E-state index in [1.807, 2.05) is 30.3 Å². The van der Waals surface area contributed by atoms with Crippen LogP contribution in [0.3, 0.4) is 0 Å². The van der Waals surface area contributed by atoms with Crippen LogP contribution in [0.4, 0.5) is 17.1 Å². The molecule has 0 aliphatic carbocycles. The fraction of sp³-hybridized carbons (Fsp3) is 0. The Bertz CT molecular complexity index is 2960. The second kappa shape index (κ2) is 14.9. The molecule has 0 bridgehead atoms. The summed E-state index contributed by atoms with van der Waals surface area (Å²) >= 11 is 0. The third-order valence-electron chi connectivity index (χ3n) is 10.5. The topological polar surface area (TPSA) is 25.6 Å². The second-order valence-electron chi connectivity index (χ2n) is 14.2. The highest BCUT2D eigenvalue weighted by molar-refractivity contribution is 6.07. The van der Waals surface area contributed by atoms with Crippen molar-refractivity contribution < 1.29 is 9.15 Å². The largest absolute Gasteiger partial charge is 0.457 e.